The van der Waals surface area contributed by atoms with Gasteiger partial charge in [0, 0.05) is 23.2 Å². The summed E-state index contributed by atoms with van der Waals surface area (Å²) in [7, 11) is 4.60. The summed E-state index contributed by atoms with van der Waals surface area (Å²) in [6, 6.07) is 12.3. The Balaban J connectivity index is 1.74. The molecule has 2 aromatic heterocycles. The van der Waals surface area contributed by atoms with Crippen LogP contribution in [0.15, 0.2) is 58.8 Å². The van der Waals surface area contributed by atoms with E-state index < -0.39 is 11.5 Å². The molecule has 8 nitrogen and oxygen atoms in total. The number of ether oxygens (including phenoxy) is 3. The normalized spacial score (nSPS) is 10.7. The van der Waals surface area contributed by atoms with Gasteiger partial charge in [0.2, 0.25) is 0 Å². The van der Waals surface area contributed by atoms with Crippen LogP contribution < -0.4 is 25.1 Å². The molecule has 2 aromatic carbocycles. The average Bonchev–Trinajstić information content (AvgIpc) is 3.24. The Labute approximate surface area is 181 Å². The number of hydrogen-bond acceptors (Lipinski definition) is 7. The van der Waals surface area contributed by atoms with E-state index in [2.05, 4.69) is 10.3 Å². The van der Waals surface area contributed by atoms with Crippen LogP contribution in [-0.4, -0.2) is 36.6 Å². The number of fused-ring (bicyclic) bond motifs is 1. The number of nitrogens with zero attached hydrogens (tertiary/aromatic N) is 2. The van der Waals surface area contributed by atoms with Crippen LogP contribution in [0, 0.1) is 0 Å². The largest absolute Gasteiger partial charge is 0.497 e. The topological polar surface area (TPSA) is 91.2 Å². The fraction of sp³-hybridized carbons (Fsp3) is 0.136. The first-order chi connectivity index (χ1) is 15.0. The van der Waals surface area contributed by atoms with E-state index in [4.69, 9.17) is 14.2 Å². The number of rotatable bonds is 6. The molecule has 0 atom stereocenters. The predicted octanol–water partition coefficient (Wildman–Crippen LogP) is 3.70. The van der Waals surface area contributed by atoms with Gasteiger partial charge in [-0.25, -0.2) is 4.98 Å². The minimum Gasteiger partial charge on any atom is -0.497 e. The van der Waals surface area contributed by atoms with Crippen LogP contribution in [0.25, 0.3) is 16.2 Å². The second-order valence-corrected chi connectivity index (χ2v) is 7.30. The van der Waals surface area contributed by atoms with Crippen molar-refractivity contribution in [2.24, 2.45) is 0 Å². The molecular formula is C22H19N3O5S. The summed E-state index contributed by atoms with van der Waals surface area (Å²) in [5, 5.41) is 4.54. The standard InChI is InChI=1S/C22H19N3O5S/c1-28-14-6-4-5-13(9-14)18-12-31-22-23-11-16(21(27)25(18)22)20(26)24-17-8-7-15(29-2)10-19(17)30-3/h4-12H,1-3H3,(H,24,26). The van der Waals surface area contributed by atoms with E-state index in [0.717, 1.165) is 5.56 Å². The lowest BCUT2D eigenvalue weighted by molar-refractivity contribution is 0.102. The van der Waals surface area contributed by atoms with Gasteiger partial charge in [-0.15, -0.1) is 11.3 Å². The van der Waals surface area contributed by atoms with Crippen molar-refractivity contribution in [1.82, 2.24) is 9.38 Å². The van der Waals surface area contributed by atoms with Gasteiger partial charge in [0.05, 0.1) is 32.7 Å². The number of anilines is 1. The van der Waals surface area contributed by atoms with E-state index in [9.17, 15) is 9.59 Å². The lowest BCUT2D eigenvalue weighted by atomic mass is 10.1. The highest BCUT2D eigenvalue weighted by molar-refractivity contribution is 7.15. The number of thiazole rings is 1. The van der Waals surface area contributed by atoms with E-state index in [0.29, 0.717) is 33.6 Å². The molecule has 0 fully saturated rings. The molecule has 0 radical (unpaired) electrons. The molecule has 0 saturated carbocycles. The zero-order valence-electron chi connectivity index (χ0n) is 17.0. The highest BCUT2D eigenvalue weighted by Crippen LogP contribution is 2.30. The number of carbonyl (C=O) groups excluding carboxylic acids is 1. The van der Waals surface area contributed by atoms with Crippen LogP contribution >= 0.6 is 11.3 Å². The Bertz CT molecular complexity index is 1330. The summed E-state index contributed by atoms with van der Waals surface area (Å²) in [5.41, 5.74) is 1.28. The van der Waals surface area contributed by atoms with Crippen LogP contribution in [0.2, 0.25) is 0 Å². The molecule has 1 N–H and O–H groups in total. The molecule has 0 aliphatic carbocycles. The van der Waals surface area contributed by atoms with Crippen molar-refractivity contribution in [3.05, 3.63) is 70.0 Å². The second kappa shape index (κ2) is 8.49. The first-order valence-corrected chi connectivity index (χ1v) is 10.1. The van der Waals surface area contributed by atoms with E-state index in [1.54, 1.807) is 25.3 Å². The third kappa shape index (κ3) is 3.82. The maximum absolute atomic E-state index is 13.2. The molecule has 0 bridgehead atoms. The van der Waals surface area contributed by atoms with E-state index in [1.165, 1.54) is 36.2 Å². The molecule has 0 saturated heterocycles. The number of amides is 1. The molecule has 1 amide bonds. The van der Waals surface area contributed by atoms with Gasteiger partial charge in [-0.05, 0) is 24.3 Å². The van der Waals surface area contributed by atoms with Crippen molar-refractivity contribution in [3.63, 3.8) is 0 Å². The Kier molecular flexibility index (Phi) is 5.59. The van der Waals surface area contributed by atoms with E-state index in [1.807, 2.05) is 29.6 Å². The van der Waals surface area contributed by atoms with Gasteiger partial charge in [0.15, 0.2) is 4.96 Å². The Morgan fingerprint density at radius 3 is 2.55 bits per heavy atom. The van der Waals surface area contributed by atoms with Crippen LogP contribution in [0.1, 0.15) is 10.4 Å². The predicted molar refractivity (Wildman–Crippen MR) is 119 cm³/mol. The highest BCUT2D eigenvalue weighted by atomic mass is 32.1. The van der Waals surface area contributed by atoms with Crippen LogP contribution in [0.5, 0.6) is 17.2 Å². The molecule has 158 valence electrons. The monoisotopic (exact) mass is 437 g/mol. The van der Waals surface area contributed by atoms with Crippen molar-refractivity contribution >= 4 is 27.9 Å². The maximum atomic E-state index is 13.2. The summed E-state index contributed by atoms with van der Waals surface area (Å²) in [6.45, 7) is 0. The molecule has 31 heavy (non-hydrogen) atoms. The minimum absolute atomic E-state index is 0.0853. The zero-order valence-corrected chi connectivity index (χ0v) is 17.9. The van der Waals surface area contributed by atoms with Crippen molar-refractivity contribution in [3.8, 4) is 28.5 Å². The third-order valence-electron chi connectivity index (χ3n) is 4.71. The van der Waals surface area contributed by atoms with Gasteiger partial charge in [-0.1, -0.05) is 12.1 Å². The Morgan fingerprint density at radius 1 is 1.03 bits per heavy atom. The minimum atomic E-state index is -0.585. The summed E-state index contributed by atoms with van der Waals surface area (Å²) in [5.74, 6) is 1.07. The Morgan fingerprint density at radius 2 is 1.81 bits per heavy atom. The summed E-state index contributed by atoms with van der Waals surface area (Å²) < 4.78 is 17.2. The molecule has 9 heteroatoms. The molecule has 0 unspecified atom stereocenters. The molecule has 0 spiro atoms. The van der Waals surface area contributed by atoms with Gasteiger partial charge in [0.25, 0.3) is 11.5 Å². The number of carbonyl (C=O) groups is 1. The second-order valence-electron chi connectivity index (χ2n) is 6.47. The lowest BCUT2D eigenvalue weighted by Crippen LogP contribution is -2.26. The van der Waals surface area contributed by atoms with E-state index >= 15 is 0 Å². The number of aromatic nitrogens is 2. The number of benzene rings is 2. The van der Waals surface area contributed by atoms with Gasteiger partial charge < -0.3 is 19.5 Å². The first kappa shape index (κ1) is 20.4. The fourth-order valence-corrected chi connectivity index (χ4v) is 3.98. The number of hydrogen-bond donors (Lipinski definition) is 1. The van der Waals surface area contributed by atoms with Crippen LogP contribution in [0.4, 0.5) is 5.69 Å². The van der Waals surface area contributed by atoms with Crippen molar-refractivity contribution in [1.29, 1.82) is 0 Å². The smallest absolute Gasteiger partial charge is 0.271 e. The Hall–Kier alpha value is -3.85. The molecular weight excluding hydrogens is 418 g/mol. The number of nitrogens with one attached hydrogen (secondary N) is 1. The van der Waals surface area contributed by atoms with Gasteiger partial charge >= 0.3 is 0 Å². The zero-order chi connectivity index (χ0) is 22.0. The van der Waals surface area contributed by atoms with Gasteiger partial charge in [-0.2, -0.15) is 0 Å². The maximum Gasteiger partial charge on any atom is 0.271 e. The first-order valence-electron chi connectivity index (χ1n) is 9.22. The average molecular weight is 437 g/mol. The van der Waals surface area contributed by atoms with Crippen molar-refractivity contribution < 1.29 is 19.0 Å². The molecule has 2 heterocycles. The van der Waals surface area contributed by atoms with Gasteiger partial charge in [-0.3, -0.25) is 14.0 Å². The molecule has 0 aliphatic heterocycles. The summed E-state index contributed by atoms with van der Waals surface area (Å²) in [4.78, 5) is 30.9. The number of methoxy groups -OCH3 is 3. The molecule has 4 aromatic rings. The third-order valence-corrected chi connectivity index (χ3v) is 5.55. The van der Waals surface area contributed by atoms with Gasteiger partial charge in [0.1, 0.15) is 22.8 Å². The quantitative estimate of drug-likeness (QED) is 0.495. The summed E-state index contributed by atoms with van der Waals surface area (Å²) in [6.07, 6.45) is 1.29. The molecule has 4 rings (SSSR count). The molecule has 0 aliphatic rings. The fourth-order valence-electron chi connectivity index (χ4n) is 3.12. The van der Waals surface area contributed by atoms with Crippen molar-refractivity contribution in [2.45, 2.75) is 0 Å². The van der Waals surface area contributed by atoms with Crippen LogP contribution in [0.3, 0.4) is 0 Å². The van der Waals surface area contributed by atoms with Crippen molar-refractivity contribution in [2.75, 3.05) is 26.6 Å². The SMILES string of the molecule is COc1cccc(-c2csc3ncc(C(=O)Nc4ccc(OC)cc4OC)c(=O)n23)c1. The highest BCUT2D eigenvalue weighted by Gasteiger charge is 2.19. The van der Waals surface area contributed by atoms with E-state index in [-0.39, 0.29) is 5.56 Å². The lowest BCUT2D eigenvalue weighted by Gasteiger charge is -2.11. The van der Waals surface area contributed by atoms with Crippen LogP contribution in [-0.2, 0) is 0 Å². The summed E-state index contributed by atoms with van der Waals surface area (Å²) >= 11 is 1.32.